The monoisotopic (exact) mass is 587 g/mol. The van der Waals surface area contributed by atoms with E-state index >= 15 is 0 Å². The summed E-state index contributed by atoms with van der Waals surface area (Å²) in [4.78, 5) is 23.4. The number of carbonyl (C=O) groups excluding carboxylic acids is 1. The summed E-state index contributed by atoms with van der Waals surface area (Å²) in [7, 11) is 0. The maximum Gasteiger partial charge on any atom is 0.350 e. The van der Waals surface area contributed by atoms with Crippen LogP contribution in [-0.4, -0.2) is 10.9 Å². The zero-order valence-corrected chi connectivity index (χ0v) is 22.6. The van der Waals surface area contributed by atoms with Gasteiger partial charge in [-0.25, -0.2) is 4.79 Å². The average molecular weight is 588 g/mol. The maximum atomic E-state index is 12.7. The smallest absolute Gasteiger partial charge is 0.350 e. The molecule has 1 atom stereocenters. The lowest BCUT2D eigenvalue weighted by Gasteiger charge is -2.27. The van der Waals surface area contributed by atoms with Gasteiger partial charge in [0.05, 0.1) is 10.8 Å². The van der Waals surface area contributed by atoms with Crippen LogP contribution in [0.3, 0.4) is 0 Å². The van der Waals surface area contributed by atoms with Gasteiger partial charge in [0.25, 0.3) is 5.69 Å². The molecule has 0 spiro atoms. The second-order valence-corrected chi connectivity index (χ2v) is 9.73. The Kier molecular flexibility index (Phi) is 7.79. The first-order valence-electron chi connectivity index (χ1n) is 12.1. The maximum absolute atomic E-state index is 12.7. The number of hydrogen-bond donors (Lipinski definition) is 1. The van der Waals surface area contributed by atoms with E-state index in [1.807, 2.05) is 6.07 Å². The quantitative estimate of drug-likeness (QED) is 0.106. The number of rotatable bonds is 7. The zero-order chi connectivity index (χ0) is 29.1. The number of nitriles is 1. The normalized spacial score (nSPS) is 13.9. The van der Waals surface area contributed by atoms with Gasteiger partial charge in [0.15, 0.2) is 0 Å². The summed E-state index contributed by atoms with van der Waals surface area (Å²) in [6.45, 7) is 0.196. The number of nitrogens with zero attached hydrogens (tertiary/aromatic N) is 2. The van der Waals surface area contributed by atoms with Gasteiger partial charge in [-0.05, 0) is 42.0 Å². The summed E-state index contributed by atoms with van der Waals surface area (Å²) in [5.41, 5.74) is 7.80. The number of fused-ring (bicyclic) bond motifs is 1. The van der Waals surface area contributed by atoms with Gasteiger partial charge < -0.3 is 19.9 Å². The third kappa shape index (κ3) is 5.79. The fourth-order valence-corrected chi connectivity index (χ4v) is 4.86. The number of nitro groups is 1. The fraction of sp³-hybridized carbons (Fsp3) is 0.0667. The lowest BCUT2D eigenvalue weighted by Crippen LogP contribution is -2.21. The summed E-state index contributed by atoms with van der Waals surface area (Å²) in [6, 6.07) is 24.5. The van der Waals surface area contributed by atoms with E-state index in [9.17, 15) is 20.2 Å². The number of halogens is 2. The number of esters is 1. The number of para-hydroxylation sites is 1. The fourth-order valence-electron chi connectivity index (χ4n) is 4.39. The van der Waals surface area contributed by atoms with Crippen molar-refractivity contribution in [3.05, 3.63) is 139 Å². The van der Waals surface area contributed by atoms with E-state index in [0.29, 0.717) is 26.9 Å². The Morgan fingerprint density at radius 1 is 1.02 bits per heavy atom. The number of ether oxygens (including phenoxy) is 3. The number of nitrogens with two attached hydrogens (primary N) is 1. The van der Waals surface area contributed by atoms with Gasteiger partial charge in [-0.3, -0.25) is 10.1 Å². The molecule has 9 nitrogen and oxygen atoms in total. The third-order valence-corrected chi connectivity index (χ3v) is 6.91. The summed E-state index contributed by atoms with van der Waals surface area (Å²) in [5.74, 6) is -0.740. The van der Waals surface area contributed by atoms with Crippen LogP contribution in [0.4, 0.5) is 5.69 Å². The summed E-state index contributed by atoms with van der Waals surface area (Å²) in [6.07, 6.45) is 0. The number of nitro benzene ring substituents is 1. The van der Waals surface area contributed by atoms with Crippen LogP contribution in [0.1, 0.15) is 33.0 Å². The topological polar surface area (TPSA) is 138 Å². The van der Waals surface area contributed by atoms with E-state index in [4.69, 9.17) is 43.1 Å². The van der Waals surface area contributed by atoms with Gasteiger partial charge in [-0.1, -0.05) is 59.6 Å². The van der Waals surface area contributed by atoms with Gasteiger partial charge >= 0.3 is 5.97 Å². The minimum absolute atomic E-state index is 0.0794. The van der Waals surface area contributed by atoms with Gasteiger partial charge in [0.1, 0.15) is 41.1 Å². The number of hydrogen-bond acceptors (Lipinski definition) is 8. The molecule has 41 heavy (non-hydrogen) atoms. The predicted molar refractivity (Wildman–Crippen MR) is 151 cm³/mol. The molecule has 0 saturated heterocycles. The highest BCUT2D eigenvalue weighted by Gasteiger charge is 2.31. The Morgan fingerprint density at radius 2 is 1.83 bits per heavy atom. The van der Waals surface area contributed by atoms with Crippen LogP contribution >= 0.6 is 23.2 Å². The molecule has 204 valence electrons. The van der Waals surface area contributed by atoms with Crippen LogP contribution in [0.25, 0.3) is 0 Å². The third-order valence-electron chi connectivity index (χ3n) is 6.32. The number of allylic oxidation sites excluding steroid dienone is 1. The standard InChI is InChI=1S/C30H19Cl2N3O6/c31-19-9-8-18(25(32)13-19)16-39-20-5-3-4-17(12-20)28-23-11-10-21(14-27(23)41-29(34)24(28)15-33)40-30(36)22-6-1-2-7-26(22)35(37)38/h1-14,28H,16,34H2. The molecule has 2 N–H and O–H groups in total. The number of carbonyl (C=O) groups is 1. The molecule has 1 heterocycles. The lowest BCUT2D eigenvalue weighted by atomic mass is 9.83. The van der Waals surface area contributed by atoms with Crippen molar-refractivity contribution in [3.63, 3.8) is 0 Å². The Hall–Kier alpha value is -5.04. The minimum Gasteiger partial charge on any atom is -0.489 e. The van der Waals surface area contributed by atoms with E-state index in [2.05, 4.69) is 6.07 Å². The van der Waals surface area contributed by atoms with Crippen LogP contribution in [0.15, 0.2) is 96.4 Å². The molecule has 11 heteroatoms. The highest BCUT2D eigenvalue weighted by molar-refractivity contribution is 6.35. The van der Waals surface area contributed by atoms with Crippen LogP contribution < -0.4 is 19.9 Å². The molecular weight excluding hydrogens is 569 g/mol. The van der Waals surface area contributed by atoms with Crippen molar-refractivity contribution in [2.75, 3.05) is 0 Å². The summed E-state index contributed by atoms with van der Waals surface area (Å²) >= 11 is 12.2. The molecule has 1 aliphatic rings. The first kappa shape index (κ1) is 27.5. The highest BCUT2D eigenvalue weighted by atomic mass is 35.5. The molecule has 0 saturated carbocycles. The second-order valence-electron chi connectivity index (χ2n) is 8.89. The van der Waals surface area contributed by atoms with Crippen molar-refractivity contribution < 1.29 is 23.9 Å². The molecular formula is C30H19Cl2N3O6. The van der Waals surface area contributed by atoms with Crippen LogP contribution in [0, 0.1) is 21.4 Å². The molecule has 1 aliphatic heterocycles. The Labute approximate surface area is 244 Å². The molecule has 0 fully saturated rings. The molecule has 0 amide bonds. The van der Waals surface area contributed by atoms with Gasteiger partial charge in [0.2, 0.25) is 5.88 Å². The average Bonchev–Trinajstić information content (AvgIpc) is 2.96. The van der Waals surface area contributed by atoms with E-state index < -0.39 is 16.8 Å². The molecule has 0 aliphatic carbocycles. The number of benzene rings is 4. The SMILES string of the molecule is N#CC1=C(N)Oc2cc(OC(=O)c3ccccc3[N+](=O)[O-])ccc2C1c1cccc(OCc2ccc(Cl)cc2Cl)c1. The van der Waals surface area contributed by atoms with E-state index in [0.717, 1.165) is 5.56 Å². The van der Waals surface area contributed by atoms with Crippen molar-refractivity contribution in [3.8, 4) is 23.3 Å². The van der Waals surface area contributed by atoms with Crippen LogP contribution in [0.5, 0.6) is 17.2 Å². The Bertz CT molecular complexity index is 1770. The molecule has 1 unspecified atom stereocenters. The molecule has 5 rings (SSSR count). The Balaban J connectivity index is 1.43. The minimum atomic E-state index is -0.906. The second kappa shape index (κ2) is 11.6. The van der Waals surface area contributed by atoms with Crippen molar-refractivity contribution in [1.82, 2.24) is 0 Å². The lowest BCUT2D eigenvalue weighted by molar-refractivity contribution is -0.385. The zero-order valence-electron chi connectivity index (χ0n) is 21.0. The van der Waals surface area contributed by atoms with Crippen LogP contribution in [-0.2, 0) is 6.61 Å². The van der Waals surface area contributed by atoms with Crippen molar-refractivity contribution in [2.24, 2.45) is 5.73 Å². The van der Waals surface area contributed by atoms with Gasteiger partial charge in [-0.15, -0.1) is 0 Å². The van der Waals surface area contributed by atoms with Crippen LogP contribution in [0.2, 0.25) is 10.0 Å². The Morgan fingerprint density at radius 3 is 2.59 bits per heavy atom. The molecule has 0 aromatic heterocycles. The summed E-state index contributed by atoms with van der Waals surface area (Å²) in [5, 5.41) is 22.2. The van der Waals surface area contributed by atoms with Crippen molar-refractivity contribution >= 4 is 34.9 Å². The van der Waals surface area contributed by atoms with E-state index in [-0.39, 0.29) is 40.8 Å². The van der Waals surface area contributed by atoms with Gasteiger partial charge in [0, 0.05) is 33.3 Å². The van der Waals surface area contributed by atoms with Gasteiger partial charge in [-0.2, -0.15) is 5.26 Å². The summed E-state index contributed by atoms with van der Waals surface area (Å²) < 4.78 is 17.1. The molecule has 0 radical (unpaired) electrons. The van der Waals surface area contributed by atoms with Crippen molar-refractivity contribution in [1.29, 1.82) is 5.26 Å². The van der Waals surface area contributed by atoms with E-state index in [1.165, 1.54) is 36.4 Å². The first-order chi connectivity index (χ1) is 19.7. The van der Waals surface area contributed by atoms with E-state index in [1.54, 1.807) is 42.5 Å². The molecule has 4 aromatic rings. The first-order valence-corrected chi connectivity index (χ1v) is 12.8. The highest BCUT2D eigenvalue weighted by Crippen LogP contribution is 2.44. The van der Waals surface area contributed by atoms with Crippen molar-refractivity contribution in [2.45, 2.75) is 12.5 Å². The molecule has 4 aromatic carbocycles. The largest absolute Gasteiger partial charge is 0.489 e. The predicted octanol–water partition coefficient (Wildman–Crippen LogP) is 6.92. The molecule has 0 bridgehead atoms.